The molecule has 4 rings (SSSR count). The third kappa shape index (κ3) is 5.02. The molecule has 1 N–H and O–H groups in total. The van der Waals surface area contributed by atoms with Crippen LogP contribution < -0.4 is 15.5 Å². The van der Waals surface area contributed by atoms with Gasteiger partial charge in [0.2, 0.25) is 11.2 Å². The third-order valence-corrected chi connectivity index (χ3v) is 5.94. The quantitative estimate of drug-likeness (QED) is 0.366. The second-order valence-electron chi connectivity index (χ2n) is 9.16. The van der Waals surface area contributed by atoms with Gasteiger partial charge in [-0.2, -0.15) is 0 Å². The van der Waals surface area contributed by atoms with Crippen molar-refractivity contribution < 1.29 is 18.4 Å². The Bertz CT molecular complexity index is 1380. The molecular formula is C27H26ClNO5. The number of ether oxygens (including phenoxy) is 1. The Balaban J connectivity index is 1.70. The Morgan fingerprint density at radius 1 is 1.12 bits per heavy atom. The summed E-state index contributed by atoms with van der Waals surface area (Å²) in [4.78, 5) is 25.7. The lowest BCUT2D eigenvalue weighted by Gasteiger charge is -2.19. The zero-order chi connectivity index (χ0) is 24.5. The number of halogens is 1. The van der Waals surface area contributed by atoms with Crippen molar-refractivity contribution in [1.82, 2.24) is 5.32 Å². The van der Waals surface area contributed by atoms with E-state index in [1.165, 1.54) is 6.26 Å². The lowest BCUT2D eigenvalue weighted by Crippen LogP contribution is -2.29. The average molecular weight is 480 g/mol. The van der Waals surface area contributed by atoms with Crippen LogP contribution in [0.4, 0.5) is 0 Å². The van der Waals surface area contributed by atoms with Crippen molar-refractivity contribution in [2.75, 3.05) is 6.61 Å². The van der Waals surface area contributed by atoms with Crippen LogP contribution in [0, 0.1) is 6.92 Å². The van der Waals surface area contributed by atoms with Gasteiger partial charge in [0.15, 0.2) is 12.4 Å². The van der Waals surface area contributed by atoms with E-state index in [0.717, 1.165) is 11.1 Å². The van der Waals surface area contributed by atoms with Crippen LogP contribution in [0.15, 0.2) is 68.4 Å². The SMILES string of the molecule is Cc1cc2oc(-c3ccc(C(C)(C)C)cc3)c(OCC(=O)NCc3ccco3)c(=O)c2cc1Cl. The minimum absolute atomic E-state index is 0.0258. The van der Waals surface area contributed by atoms with Crippen molar-refractivity contribution in [3.05, 3.63) is 86.9 Å². The maximum atomic E-state index is 13.4. The Hall–Kier alpha value is -3.51. The summed E-state index contributed by atoms with van der Waals surface area (Å²) in [5.74, 6) is 0.442. The molecule has 0 unspecified atom stereocenters. The molecule has 0 aliphatic carbocycles. The monoisotopic (exact) mass is 479 g/mol. The van der Waals surface area contributed by atoms with Gasteiger partial charge in [-0.05, 0) is 47.7 Å². The molecule has 0 aliphatic rings. The van der Waals surface area contributed by atoms with E-state index in [4.69, 9.17) is 25.2 Å². The third-order valence-electron chi connectivity index (χ3n) is 5.53. The van der Waals surface area contributed by atoms with Crippen LogP contribution in [0.1, 0.15) is 37.7 Å². The van der Waals surface area contributed by atoms with Crippen molar-refractivity contribution in [3.63, 3.8) is 0 Å². The minimum Gasteiger partial charge on any atom is -0.476 e. The number of hydrogen-bond acceptors (Lipinski definition) is 5. The number of hydrogen-bond donors (Lipinski definition) is 1. The van der Waals surface area contributed by atoms with Gasteiger partial charge < -0.3 is 18.9 Å². The predicted molar refractivity (Wildman–Crippen MR) is 132 cm³/mol. The molecule has 34 heavy (non-hydrogen) atoms. The number of fused-ring (bicyclic) bond motifs is 1. The van der Waals surface area contributed by atoms with E-state index in [2.05, 4.69) is 26.1 Å². The minimum atomic E-state index is -0.396. The van der Waals surface area contributed by atoms with Gasteiger partial charge in [0.25, 0.3) is 5.91 Å². The molecule has 2 aromatic carbocycles. The van der Waals surface area contributed by atoms with Crippen molar-refractivity contribution in [2.24, 2.45) is 0 Å². The largest absolute Gasteiger partial charge is 0.476 e. The molecule has 0 radical (unpaired) electrons. The van der Waals surface area contributed by atoms with E-state index in [1.807, 2.05) is 31.2 Å². The molecule has 2 heterocycles. The summed E-state index contributed by atoms with van der Waals surface area (Å²) in [6, 6.07) is 14.5. The molecule has 0 aliphatic heterocycles. The van der Waals surface area contributed by atoms with Gasteiger partial charge in [-0.25, -0.2) is 0 Å². The molecule has 1 amide bonds. The normalized spacial score (nSPS) is 11.6. The van der Waals surface area contributed by atoms with E-state index < -0.39 is 11.3 Å². The number of carbonyl (C=O) groups is 1. The highest BCUT2D eigenvalue weighted by Crippen LogP contribution is 2.34. The van der Waals surface area contributed by atoms with Crippen molar-refractivity contribution in [1.29, 1.82) is 0 Å². The lowest BCUT2D eigenvalue weighted by atomic mass is 9.86. The Labute approximate surface area is 202 Å². The van der Waals surface area contributed by atoms with Crippen molar-refractivity contribution in [2.45, 2.75) is 39.7 Å². The van der Waals surface area contributed by atoms with Crippen LogP contribution in [0.3, 0.4) is 0 Å². The van der Waals surface area contributed by atoms with Gasteiger partial charge in [0.05, 0.1) is 18.2 Å². The first kappa shape index (κ1) is 23.6. The lowest BCUT2D eigenvalue weighted by molar-refractivity contribution is -0.123. The molecule has 176 valence electrons. The van der Waals surface area contributed by atoms with Gasteiger partial charge in [0, 0.05) is 10.6 Å². The molecule has 0 saturated heterocycles. The molecule has 2 aromatic heterocycles. The summed E-state index contributed by atoms with van der Waals surface area (Å²) in [7, 11) is 0. The summed E-state index contributed by atoms with van der Waals surface area (Å²) in [5, 5.41) is 3.44. The summed E-state index contributed by atoms with van der Waals surface area (Å²) in [6.07, 6.45) is 1.53. The summed E-state index contributed by atoms with van der Waals surface area (Å²) in [5.41, 5.74) is 2.58. The fraction of sp³-hybridized carbons (Fsp3) is 0.259. The highest BCUT2D eigenvalue weighted by molar-refractivity contribution is 6.32. The fourth-order valence-electron chi connectivity index (χ4n) is 3.53. The number of nitrogens with one attached hydrogen (secondary N) is 1. The van der Waals surface area contributed by atoms with Crippen LogP contribution in [0.25, 0.3) is 22.3 Å². The topological polar surface area (TPSA) is 81.7 Å². The molecule has 4 aromatic rings. The van der Waals surface area contributed by atoms with Gasteiger partial charge in [-0.3, -0.25) is 9.59 Å². The number of rotatable bonds is 6. The molecule has 0 spiro atoms. The highest BCUT2D eigenvalue weighted by atomic mass is 35.5. The first-order valence-electron chi connectivity index (χ1n) is 10.9. The van der Waals surface area contributed by atoms with Crippen LogP contribution >= 0.6 is 11.6 Å². The number of carbonyl (C=O) groups excluding carboxylic acids is 1. The summed E-state index contributed by atoms with van der Waals surface area (Å²) >= 11 is 6.25. The second kappa shape index (κ2) is 9.39. The van der Waals surface area contributed by atoms with Crippen LogP contribution in [0.2, 0.25) is 5.02 Å². The molecule has 7 heteroatoms. The molecular weight excluding hydrogens is 454 g/mol. The van der Waals surface area contributed by atoms with Crippen molar-refractivity contribution >= 4 is 28.5 Å². The molecule has 0 saturated carbocycles. The summed E-state index contributed by atoms with van der Waals surface area (Å²) < 4.78 is 17.1. The average Bonchev–Trinajstić information content (AvgIpc) is 3.31. The number of aryl methyl sites for hydroxylation is 1. The first-order valence-corrected chi connectivity index (χ1v) is 11.3. The van der Waals surface area contributed by atoms with Gasteiger partial charge in [0.1, 0.15) is 11.3 Å². The zero-order valence-electron chi connectivity index (χ0n) is 19.5. The Morgan fingerprint density at radius 2 is 1.85 bits per heavy atom. The smallest absolute Gasteiger partial charge is 0.258 e. The second-order valence-corrected chi connectivity index (χ2v) is 9.57. The standard InChI is InChI=1S/C27H26ClNO5/c1-16-12-22-20(13-21(16)28)24(31)26(33-15-23(30)29-14-19-6-5-11-32-19)25(34-22)17-7-9-18(10-8-17)27(2,3)4/h5-13H,14-15H2,1-4H3,(H,29,30). The number of furan rings is 1. The summed E-state index contributed by atoms with van der Waals surface area (Å²) in [6.45, 7) is 8.08. The highest BCUT2D eigenvalue weighted by Gasteiger charge is 2.21. The predicted octanol–water partition coefficient (Wildman–Crippen LogP) is 6.01. The molecule has 0 atom stereocenters. The number of amides is 1. The molecule has 0 bridgehead atoms. The molecule has 0 fully saturated rings. The van der Waals surface area contributed by atoms with Crippen LogP contribution in [0.5, 0.6) is 5.75 Å². The Kier molecular flexibility index (Phi) is 6.53. The van der Waals surface area contributed by atoms with Gasteiger partial charge in [-0.1, -0.05) is 56.6 Å². The van der Waals surface area contributed by atoms with E-state index in [0.29, 0.717) is 21.9 Å². The van der Waals surface area contributed by atoms with Gasteiger partial charge in [-0.15, -0.1) is 0 Å². The van der Waals surface area contributed by atoms with E-state index >= 15 is 0 Å². The fourth-order valence-corrected chi connectivity index (χ4v) is 3.69. The number of benzene rings is 2. The zero-order valence-corrected chi connectivity index (χ0v) is 20.3. The van der Waals surface area contributed by atoms with E-state index in [-0.39, 0.29) is 35.5 Å². The van der Waals surface area contributed by atoms with E-state index in [9.17, 15) is 9.59 Å². The van der Waals surface area contributed by atoms with Crippen molar-refractivity contribution in [3.8, 4) is 17.1 Å². The van der Waals surface area contributed by atoms with Gasteiger partial charge >= 0.3 is 0 Å². The van der Waals surface area contributed by atoms with E-state index in [1.54, 1.807) is 24.3 Å². The Morgan fingerprint density at radius 3 is 2.50 bits per heavy atom. The van der Waals surface area contributed by atoms with Crippen LogP contribution in [-0.2, 0) is 16.8 Å². The first-order chi connectivity index (χ1) is 16.1. The maximum Gasteiger partial charge on any atom is 0.258 e. The van der Waals surface area contributed by atoms with Crippen LogP contribution in [-0.4, -0.2) is 12.5 Å². The molecule has 6 nitrogen and oxygen atoms in total. The maximum absolute atomic E-state index is 13.4.